The Hall–Kier alpha value is -1.26. The third-order valence-corrected chi connectivity index (χ3v) is 2.77. The average Bonchev–Trinajstić information content (AvgIpc) is 2.32. The largest absolute Gasteiger partial charge is 0.491 e. The minimum Gasteiger partial charge on any atom is -0.491 e. The lowest BCUT2D eigenvalue weighted by molar-refractivity contribution is -0.129. The topological polar surface area (TPSA) is 41.6 Å². The van der Waals surface area contributed by atoms with E-state index in [9.17, 15) is 4.79 Å². The Bertz CT molecular complexity index is 408. The smallest absolute Gasteiger partial charge is 0.225 e. The van der Waals surface area contributed by atoms with E-state index in [0.29, 0.717) is 30.3 Å². The summed E-state index contributed by atoms with van der Waals surface area (Å²) in [7, 11) is 5.31. The van der Waals surface area contributed by atoms with E-state index in [1.165, 1.54) is 0 Å². The maximum atomic E-state index is 11.4. The average molecular weight is 271 g/mol. The fourth-order valence-corrected chi connectivity index (χ4v) is 1.76. The van der Waals surface area contributed by atoms with Crippen molar-refractivity contribution in [2.75, 3.05) is 27.7 Å². The number of ether oxygens (including phenoxy) is 1. The van der Waals surface area contributed by atoms with Crippen molar-refractivity contribution in [2.45, 2.75) is 13.0 Å². The van der Waals surface area contributed by atoms with Gasteiger partial charge in [0.15, 0.2) is 0 Å². The predicted molar refractivity (Wildman–Crippen MR) is 73.0 cm³/mol. The number of para-hydroxylation sites is 1. The van der Waals surface area contributed by atoms with Gasteiger partial charge < -0.3 is 15.0 Å². The molecule has 1 N–H and O–H groups in total. The summed E-state index contributed by atoms with van der Waals surface area (Å²) in [5, 5.41) is 3.62. The Kier molecular flexibility index (Phi) is 5.95. The van der Waals surface area contributed by atoms with E-state index in [1.807, 2.05) is 19.2 Å². The van der Waals surface area contributed by atoms with Crippen molar-refractivity contribution in [3.8, 4) is 5.75 Å². The number of halogens is 1. The molecule has 100 valence electrons. The van der Waals surface area contributed by atoms with Crippen LogP contribution in [0.4, 0.5) is 0 Å². The van der Waals surface area contributed by atoms with Gasteiger partial charge in [-0.1, -0.05) is 23.7 Å². The molecule has 0 aliphatic rings. The normalized spacial score (nSPS) is 10.2. The first kappa shape index (κ1) is 14.8. The molecule has 5 heteroatoms. The molecule has 0 unspecified atom stereocenters. The number of benzene rings is 1. The van der Waals surface area contributed by atoms with Gasteiger partial charge in [-0.2, -0.15) is 0 Å². The molecular weight excluding hydrogens is 252 g/mol. The Morgan fingerprint density at radius 1 is 1.44 bits per heavy atom. The molecule has 0 saturated heterocycles. The molecule has 0 radical (unpaired) electrons. The van der Waals surface area contributed by atoms with Gasteiger partial charge >= 0.3 is 0 Å². The number of hydrogen-bond acceptors (Lipinski definition) is 3. The van der Waals surface area contributed by atoms with Crippen LogP contribution in [0.2, 0.25) is 5.02 Å². The first-order valence-electron chi connectivity index (χ1n) is 5.81. The van der Waals surface area contributed by atoms with E-state index in [2.05, 4.69) is 5.32 Å². The summed E-state index contributed by atoms with van der Waals surface area (Å²) >= 11 is 6.09. The highest BCUT2D eigenvalue weighted by Crippen LogP contribution is 2.28. The lowest BCUT2D eigenvalue weighted by Gasteiger charge is -2.14. The summed E-state index contributed by atoms with van der Waals surface area (Å²) in [6.07, 6.45) is 0.344. The summed E-state index contributed by atoms with van der Waals surface area (Å²) in [5.74, 6) is 0.692. The van der Waals surface area contributed by atoms with E-state index in [0.717, 1.165) is 5.56 Å². The lowest BCUT2D eigenvalue weighted by atomic mass is 10.2. The Morgan fingerprint density at radius 3 is 2.78 bits per heavy atom. The summed E-state index contributed by atoms with van der Waals surface area (Å²) in [5.41, 5.74) is 0.988. The van der Waals surface area contributed by atoms with Crippen LogP contribution in [-0.2, 0) is 11.3 Å². The second kappa shape index (κ2) is 7.24. The van der Waals surface area contributed by atoms with Crippen LogP contribution < -0.4 is 10.1 Å². The molecule has 0 heterocycles. The molecule has 0 aromatic heterocycles. The molecule has 0 saturated carbocycles. The van der Waals surface area contributed by atoms with Crippen LogP contribution in [0.1, 0.15) is 12.0 Å². The van der Waals surface area contributed by atoms with Crippen molar-refractivity contribution in [2.24, 2.45) is 0 Å². The van der Waals surface area contributed by atoms with Crippen molar-refractivity contribution in [1.82, 2.24) is 10.2 Å². The van der Waals surface area contributed by atoms with E-state index in [-0.39, 0.29) is 5.91 Å². The van der Waals surface area contributed by atoms with Crippen LogP contribution >= 0.6 is 11.6 Å². The van der Waals surface area contributed by atoms with E-state index in [4.69, 9.17) is 16.3 Å². The van der Waals surface area contributed by atoms with E-state index < -0.39 is 0 Å². The van der Waals surface area contributed by atoms with Crippen molar-refractivity contribution >= 4 is 17.5 Å². The van der Waals surface area contributed by atoms with Crippen LogP contribution in [0, 0.1) is 0 Å². The highest BCUT2D eigenvalue weighted by molar-refractivity contribution is 6.32. The zero-order chi connectivity index (χ0) is 13.5. The number of nitrogens with one attached hydrogen (secondary N) is 1. The fraction of sp³-hybridized carbons (Fsp3) is 0.462. The SMILES string of the molecule is CNCc1cccc(Cl)c1OCCC(=O)N(C)C. The molecule has 0 aliphatic carbocycles. The zero-order valence-corrected chi connectivity index (χ0v) is 11.8. The molecule has 0 bridgehead atoms. The highest BCUT2D eigenvalue weighted by atomic mass is 35.5. The zero-order valence-electron chi connectivity index (χ0n) is 11.0. The summed E-state index contributed by atoms with van der Waals surface area (Å²) < 4.78 is 5.62. The van der Waals surface area contributed by atoms with Crippen molar-refractivity contribution in [3.63, 3.8) is 0 Å². The van der Waals surface area contributed by atoms with Gasteiger partial charge in [-0.25, -0.2) is 0 Å². The summed E-state index contributed by atoms with van der Waals surface area (Å²) in [6, 6.07) is 5.61. The van der Waals surface area contributed by atoms with Crippen LogP contribution in [0.15, 0.2) is 18.2 Å². The summed E-state index contributed by atoms with van der Waals surface area (Å²) in [6.45, 7) is 1.01. The molecule has 1 amide bonds. The minimum absolute atomic E-state index is 0.0391. The molecule has 18 heavy (non-hydrogen) atoms. The van der Waals surface area contributed by atoms with Gasteiger partial charge in [-0.15, -0.1) is 0 Å². The van der Waals surface area contributed by atoms with E-state index in [1.54, 1.807) is 25.1 Å². The predicted octanol–water partition coefficient (Wildman–Crippen LogP) is 1.92. The van der Waals surface area contributed by atoms with Gasteiger partial charge in [0.2, 0.25) is 5.91 Å². The Morgan fingerprint density at radius 2 is 2.17 bits per heavy atom. The molecular formula is C13H19ClN2O2. The monoisotopic (exact) mass is 270 g/mol. The third kappa shape index (κ3) is 4.20. The number of carbonyl (C=O) groups is 1. The first-order chi connectivity index (χ1) is 8.56. The fourth-order valence-electron chi connectivity index (χ4n) is 1.51. The number of amides is 1. The van der Waals surface area contributed by atoms with Gasteiger partial charge in [0.05, 0.1) is 18.1 Å². The molecule has 0 fully saturated rings. The quantitative estimate of drug-likeness (QED) is 0.859. The highest BCUT2D eigenvalue weighted by Gasteiger charge is 2.09. The molecule has 0 spiro atoms. The van der Waals surface area contributed by atoms with Crippen molar-refractivity contribution < 1.29 is 9.53 Å². The maximum absolute atomic E-state index is 11.4. The second-order valence-electron chi connectivity index (χ2n) is 4.15. The number of carbonyl (C=O) groups excluding carboxylic acids is 1. The second-order valence-corrected chi connectivity index (χ2v) is 4.55. The maximum Gasteiger partial charge on any atom is 0.225 e. The van der Waals surface area contributed by atoms with Crippen LogP contribution in [0.25, 0.3) is 0 Å². The molecule has 0 atom stereocenters. The molecule has 0 aliphatic heterocycles. The van der Waals surface area contributed by atoms with Gasteiger partial charge in [0.1, 0.15) is 5.75 Å². The standard InChI is InChI=1S/C13H19ClN2O2/c1-15-9-10-5-4-6-11(14)13(10)18-8-7-12(17)16(2)3/h4-6,15H,7-9H2,1-3H3. The van der Waals surface area contributed by atoms with Gasteiger partial charge in [-0.3, -0.25) is 4.79 Å². The minimum atomic E-state index is 0.0391. The first-order valence-corrected chi connectivity index (χ1v) is 6.19. The Labute approximate surface area is 113 Å². The van der Waals surface area contributed by atoms with Crippen LogP contribution in [-0.4, -0.2) is 38.6 Å². The van der Waals surface area contributed by atoms with E-state index >= 15 is 0 Å². The summed E-state index contributed by atoms with van der Waals surface area (Å²) in [4.78, 5) is 13.0. The van der Waals surface area contributed by atoms with Crippen LogP contribution in [0.3, 0.4) is 0 Å². The van der Waals surface area contributed by atoms with Crippen molar-refractivity contribution in [1.29, 1.82) is 0 Å². The van der Waals surface area contributed by atoms with Crippen LogP contribution in [0.5, 0.6) is 5.75 Å². The molecule has 1 aromatic carbocycles. The number of hydrogen-bond donors (Lipinski definition) is 1. The van der Waals surface area contributed by atoms with Gasteiger partial charge in [0.25, 0.3) is 0 Å². The number of rotatable bonds is 6. The molecule has 1 rings (SSSR count). The van der Waals surface area contributed by atoms with Gasteiger partial charge in [-0.05, 0) is 13.1 Å². The molecule has 1 aromatic rings. The molecule has 4 nitrogen and oxygen atoms in total. The lowest BCUT2D eigenvalue weighted by Crippen LogP contribution is -2.23. The van der Waals surface area contributed by atoms with Gasteiger partial charge in [0, 0.05) is 26.2 Å². The van der Waals surface area contributed by atoms with Crippen molar-refractivity contribution in [3.05, 3.63) is 28.8 Å². The number of nitrogens with zero attached hydrogens (tertiary/aromatic N) is 1. The third-order valence-electron chi connectivity index (χ3n) is 2.48. The Balaban J connectivity index is 2.63.